The predicted octanol–water partition coefficient (Wildman–Crippen LogP) is 2.52. The second-order valence-electron chi connectivity index (χ2n) is 6.11. The molecule has 2 aromatic rings. The minimum Gasteiger partial charge on any atom is -0.350 e. The Bertz CT molecular complexity index is 849. The number of amides is 1. The number of hydrogen-bond donors (Lipinski definition) is 3. The van der Waals surface area contributed by atoms with Gasteiger partial charge >= 0.3 is 0 Å². The number of nitrogens with one attached hydrogen (secondary N) is 3. The average molecular weight is 375 g/mol. The van der Waals surface area contributed by atoms with Gasteiger partial charge < -0.3 is 10.6 Å². The zero-order valence-corrected chi connectivity index (χ0v) is 16.1. The molecule has 140 valence electrons. The van der Waals surface area contributed by atoms with Crippen LogP contribution in [0.3, 0.4) is 0 Å². The highest BCUT2D eigenvalue weighted by Gasteiger charge is 2.16. The standard InChI is InChI=1S/C19H25N3O3S/c1-4-20-15(3)13-21-19(23)16-9-11-17(12-10-16)26(24,25)22-18-8-6-5-7-14(18)2/h5-12,15,20,22H,4,13H2,1-3H3,(H,21,23)/t15-/m1/s1. The third-order valence-corrected chi connectivity index (χ3v) is 5.32. The van der Waals surface area contributed by atoms with Crippen molar-refractivity contribution in [3.05, 3.63) is 59.7 Å². The number of rotatable bonds is 8. The van der Waals surface area contributed by atoms with Crippen LogP contribution in [0.5, 0.6) is 0 Å². The number of carbonyl (C=O) groups is 1. The van der Waals surface area contributed by atoms with Crippen molar-refractivity contribution < 1.29 is 13.2 Å². The molecule has 0 aliphatic rings. The summed E-state index contributed by atoms with van der Waals surface area (Å²) in [6.45, 7) is 7.15. The summed E-state index contributed by atoms with van der Waals surface area (Å²) in [6, 6.07) is 13.2. The fourth-order valence-corrected chi connectivity index (χ4v) is 3.58. The summed E-state index contributed by atoms with van der Waals surface area (Å²) in [5, 5.41) is 6.03. The molecule has 26 heavy (non-hydrogen) atoms. The molecule has 2 rings (SSSR count). The minimum absolute atomic E-state index is 0.110. The Balaban J connectivity index is 2.06. The summed E-state index contributed by atoms with van der Waals surface area (Å²) in [7, 11) is -3.70. The van der Waals surface area contributed by atoms with Crippen LogP contribution in [0, 0.1) is 6.92 Å². The third-order valence-electron chi connectivity index (χ3n) is 3.94. The van der Waals surface area contributed by atoms with E-state index in [1.807, 2.05) is 32.9 Å². The summed E-state index contributed by atoms with van der Waals surface area (Å²) < 4.78 is 27.6. The molecule has 0 unspecified atom stereocenters. The number of likely N-dealkylation sites (N-methyl/N-ethyl adjacent to an activating group) is 1. The molecule has 0 spiro atoms. The first-order valence-corrected chi connectivity index (χ1v) is 10.0. The van der Waals surface area contributed by atoms with Gasteiger partial charge in [-0.05, 0) is 56.3 Å². The highest BCUT2D eigenvalue weighted by molar-refractivity contribution is 7.92. The molecule has 7 heteroatoms. The third kappa shape index (κ3) is 5.31. The molecule has 0 bridgehead atoms. The second-order valence-corrected chi connectivity index (χ2v) is 7.80. The summed E-state index contributed by atoms with van der Waals surface area (Å²) in [6.07, 6.45) is 0. The number of hydrogen-bond acceptors (Lipinski definition) is 4. The number of aryl methyl sites for hydroxylation is 1. The molecule has 0 aliphatic heterocycles. The van der Waals surface area contributed by atoms with Crippen molar-refractivity contribution in [2.75, 3.05) is 17.8 Å². The van der Waals surface area contributed by atoms with E-state index in [0.717, 1.165) is 12.1 Å². The summed E-state index contributed by atoms with van der Waals surface area (Å²) in [4.78, 5) is 12.3. The zero-order valence-electron chi connectivity index (χ0n) is 15.2. The van der Waals surface area contributed by atoms with Gasteiger partial charge in [0.05, 0.1) is 10.6 Å². The van der Waals surface area contributed by atoms with Gasteiger partial charge in [-0.2, -0.15) is 0 Å². The van der Waals surface area contributed by atoms with Crippen molar-refractivity contribution in [3.8, 4) is 0 Å². The predicted molar refractivity (Wildman–Crippen MR) is 104 cm³/mol. The quantitative estimate of drug-likeness (QED) is 0.662. The number of benzene rings is 2. The number of sulfonamides is 1. The molecule has 3 N–H and O–H groups in total. The van der Waals surface area contributed by atoms with E-state index in [-0.39, 0.29) is 16.8 Å². The van der Waals surface area contributed by atoms with Gasteiger partial charge in [0.1, 0.15) is 0 Å². The maximum Gasteiger partial charge on any atom is 0.261 e. The summed E-state index contributed by atoms with van der Waals surface area (Å²) in [5.41, 5.74) is 1.79. The van der Waals surface area contributed by atoms with E-state index in [0.29, 0.717) is 17.8 Å². The lowest BCUT2D eigenvalue weighted by atomic mass is 10.2. The largest absolute Gasteiger partial charge is 0.350 e. The summed E-state index contributed by atoms with van der Waals surface area (Å²) >= 11 is 0. The molecule has 6 nitrogen and oxygen atoms in total. The van der Waals surface area contributed by atoms with Crippen LogP contribution in [0.1, 0.15) is 29.8 Å². The number of para-hydroxylation sites is 1. The topological polar surface area (TPSA) is 87.3 Å². The van der Waals surface area contributed by atoms with Gasteiger partial charge in [0.2, 0.25) is 0 Å². The first-order chi connectivity index (χ1) is 12.3. The Labute approximate surface area is 155 Å². The van der Waals surface area contributed by atoms with Crippen LogP contribution in [0.15, 0.2) is 53.4 Å². The Kier molecular flexibility index (Phi) is 6.76. The van der Waals surface area contributed by atoms with Gasteiger partial charge in [-0.3, -0.25) is 9.52 Å². The van der Waals surface area contributed by atoms with Gasteiger partial charge in [-0.25, -0.2) is 8.42 Å². The normalized spacial score (nSPS) is 12.4. The van der Waals surface area contributed by atoms with Crippen molar-refractivity contribution in [2.45, 2.75) is 31.7 Å². The smallest absolute Gasteiger partial charge is 0.261 e. The lowest BCUT2D eigenvalue weighted by molar-refractivity contribution is 0.0950. The van der Waals surface area contributed by atoms with Crippen molar-refractivity contribution in [2.24, 2.45) is 0 Å². The molecule has 1 amide bonds. The number of anilines is 1. The highest BCUT2D eigenvalue weighted by atomic mass is 32.2. The molecule has 2 aromatic carbocycles. The lowest BCUT2D eigenvalue weighted by Crippen LogP contribution is -2.38. The maximum absolute atomic E-state index is 12.5. The van der Waals surface area contributed by atoms with E-state index >= 15 is 0 Å². The fourth-order valence-electron chi connectivity index (χ4n) is 2.45. The summed E-state index contributed by atoms with van der Waals surface area (Å²) in [5.74, 6) is -0.231. The van der Waals surface area contributed by atoms with Crippen molar-refractivity contribution in [1.82, 2.24) is 10.6 Å². The van der Waals surface area contributed by atoms with E-state index in [1.165, 1.54) is 24.3 Å². The van der Waals surface area contributed by atoms with Crippen molar-refractivity contribution >= 4 is 21.6 Å². The molecule has 0 aliphatic carbocycles. The monoisotopic (exact) mass is 375 g/mol. The van der Waals surface area contributed by atoms with Crippen molar-refractivity contribution in [3.63, 3.8) is 0 Å². The first kappa shape index (κ1) is 19.9. The Morgan fingerprint density at radius 3 is 2.35 bits per heavy atom. The van der Waals surface area contributed by atoms with Gasteiger partial charge in [-0.1, -0.05) is 25.1 Å². The van der Waals surface area contributed by atoms with Gasteiger partial charge in [0.25, 0.3) is 15.9 Å². The van der Waals surface area contributed by atoms with Gasteiger partial charge in [0, 0.05) is 18.2 Å². The second kappa shape index (κ2) is 8.82. The lowest BCUT2D eigenvalue weighted by Gasteiger charge is -2.13. The van der Waals surface area contributed by atoms with E-state index < -0.39 is 10.0 Å². The average Bonchev–Trinajstić information content (AvgIpc) is 2.62. The Morgan fingerprint density at radius 2 is 1.73 bits per heavy atom. The zero-order chi connectivity index (χ0) is 19.2. The molecular weight excluding hydrogens is 350 g/mol. The van der Waals surface area contributed by atoms with E-state index in [2.05, 4.69) is 15.4 Å². The van der Waals surface area contributed by atoms with E-state index in [1.54, 1.807) is 12.1 Å². The van der Waals surface area contributed by atoms with Crippen LogP contribution in [0.4, 0.5) is 5.69 Å². The van der Waals surface area contributed by atoms with E-state index in [9.17, 15) is 13.2 Å². The van der Waals surface area contributed by atoms with Crippen LogP contribution < -0.4 is 15.4 Å². The van der Waals surface area contributed by atoms with Crippen molar-refractivity contribution in [1.29, 1.82) is 0 Å². The molecule has 1 atom stereocenters. The molecule has 0 saturated heterocycles. The van der Waals surface area contributed by atoms with Crippen LogP contribution in [0.2, 0.25) is 0 Å². The molecular formula is C19H25N3O3S. The van der Waals surface area contributed by atoms with Crippen LogP contribution in [-0.4, -0.2) is 33.5 Å². The molecule has 0 heterocycles. The molecule has 0 aromatic heterocycles. The van der Waals surface area contributed by atoms with Gasteiger partial charge in [0.15, 0.2) is 0 Å². The Morgan fingerprint density at radius 1 is 1.08 bits per heavy atom. The number of carbonyl (C=O) groups excluding carboxylic acids is 1. The molecule has 0 radical (unpaired) electrons. The SMILES string of the molecule is CCN[C@H](C)CNC(=O)c1ccc(S(=O)(=O)Nc2ccccc2C)cc1. The molecule has 0 fully saturated rings. The maximum atomic E-state index is 12.5. The highest BCUT2D eigenvalue weighted by Crippen LogP contribution is 2.19. The Hall–Kier alpha value is -2.38. The van der Waals surface area contributed by atoms with Crippen LogP contribution >= 0.6 is 0 Å². The van der Waals surface area contributed by atoms with Crippen LogP contribution in [-0.2, 0) is 10.0 Å². The molecule has 0 saturated carbocycles. The van der Waals surface area contributed by atoms with Crippen LogP contribution in [0.25, 0.3) is 0 Å². The van der Waals surface area contributed by atoms with E-state index in [4.69, 9.17) is 0 Å². The minimum atomic E-state index is -3.70. The fraction of sp³-hybridized carbons (Fsp3) is 0.316. The van der Waals surface area contributed by atoms with Gasteiger partial charge in [-0.15, -0.1) is 0 Å². The first-order valence-electron chi connectivity index (χ1n) is 8.53.